The Labute approximate surface area is 81.8 Å². The molecule has 0 saturated carbocycles. The molecule has 0 N–H and O–H groups in total. The first kappa shape index (κ1) is 11.2. The Hall–Kier alpha value is 0.200. The van der Waals surface area contributed by atoms with Crippen LogP contribution < -0.4 is 0 Å². The van der Waals surface area contributed by atoms with Gasteiger partial charge in [-0.1, -0.05) is 13.8 Å². The molecule has 0 rings (SSSR count). The zero-order valence-corrected chi connectivity index (χ0v) is 9.42. The monoisotopic (exact) mass is 270 g/mol. The number of hydrogen-bond donors (Lipinski definition) is 0. The Balaban J connectivity index is 3.38. The summed E-state index contributed by atoms with van der Waals surface area (Å²) in [5.74, 6) is 0.493. The number of carbonyl (C=O) groups is 1. The Morgan fingerprint density at radius 3 is 2.36 bits per heavy atom. The van der Waals surface area contributed by atoms with Gasteiger partial charge in [0.25, 0.3) is 0 Å². The molecule has 2 nitrogen and oxygen atoms in total. The highest BCUT2D eigenvalue weighted by Gasteiger charge is 2.06. The third-order valence-electron chi connectivity index (χ3n) is 1.22. The zero-order chi connectivity index (χ0) is 8.85. The molecule has 0 saturated heterocycles. The van der Waals surface area contributed by atoms with E-state index in [0.29, 0.717) is 12.3 Å². The van der Waals surface area contributed by atoms with Crippen molar-refractivity contribution in [3.05, 3.63) is 0 Å². The number of alkyl halides is 1. The van der Waals surface area contributed by atoms with Gasteiger partial charge in [-0.15, -0.1) is 0 Å². The van der Waals surface area contributed by atoms with Crippen LogP contribution in [-0.2, 0) is 9.53 Å². The average Bonchev–Trinajstić information content (AvgIpc) is 1.82. The van der Waals surface area contributed by atoms with Crippen molar-refractivity contribution in [2.24, 2.45) is 5.92 Å². The van der Waals surface area contributed by atoms with Crippen molar-refractivity contribution in [3.63, 3.8) is 0 Å². The Morgan fingerprint density at radius 1 is 1.45 bits per heavy atom. The zero-order valence-electron chi connectivity index (χ0n) is 7.26. The summed E-state index contributed by atoms with van der Waals surface area (Å²) in [6.07, 6.45) is 1.47. The van der Waals surface area contributed by atoms with Crippen molar-refractivity contribution in [2.75, 3.05) is 0 Å². The van der Waals surface area contributed by atoms with Gasteiger partial charge in [-0.3, -0.25) is 4.79 Å². The van der Waals surface area contributed by atoms with Gasteiger partial charge in [0, 0.05) is 6.42 Å². The van der Waals surface area contributed by atoms with Crippen LogP contribution in [0.1, 0.15) is 33.6 Å². The minimum absolute atomic E-state index is 0.00716. The van der Waals surface area contributed by atoms with Gasteiger partial charge in [-0.2, -0.15) is 0 Å². The molecule has 0 heterocycles. The van der Waals surface area contributed by atoms with E-state index in [4.69, 9.17) is 4.74 Å². The topological polar surface area (TPSA) is 26.3 Å². The van der Waals surface area contributed by atoms with E-state index in [2.05, 4.69) is 36.4 Å². The van der Waals surface area contributed by atoms with Crippen LogP contribution in [0.25, 0.3) is 0 Å². The van der Waals surface area contributed by atoms with Gasteiger partial charge in [-0.25, -0.2) is 0 Å². The summed E-state index contributed by atoms with van der Waals surface area (Å²) in [7, 11) is 0. The fraction of sp³-hybridized carbons (Fsp3) is 0.875. The van der Waals surface area contributed by atoms with Gasteiger partial charge in [0.1, 0.15) is 4.11 Å². The van der Waals surface area contributed by atoms with Crippen LogP contribution in [0.15, 0.2) is 0 Å². The molecule has 0 radical (unpaired) electrons. The van der Waals surface area contributed by atoms with Gasteiger partial charge in [0.15, 0.2) is 0 Å². The highest BCUT2D eigenvalue weighted by molar-refractivity contribution is 14.1. The molecule has 0 aromatic rings. The van der Waals surface area contributed by atoms with E-state index in [1.54, 1.807) is 0 Å². The lowest BCUT2D eigenvalue weighted by Gasteiger charge is -2.07. The number of hydrogen-bond acceptors (Lipinski definition) is 2. The van der Waals surface area contributed by atoms with Crippen LogP contribution in [0.3, 0.4) is 0 Å². The van der Waals surface area contributed by atoms with Gasteiger partial charge in [0.05, 0.1) is 0 Å². The maximum absolute atomic E-state index is 10.9. The standard InChI is InChI=1S/C8H15IO2/c1-6(2)4-5-8(10)11-7(3)9/h6-7H,4-5H2,1-3H3. The first-order valence-corrected chi connectivity index (χ1v) is 5.10. The highest BCUT2D eigenvalue weighted by atomic mass is 127. The van der Waals surface area contributed by atoms with Crippen LogP contribution in [0, 0.1) is 5.92 Å². The molecule has 0 aromatic heterocycles. The first-order chi connectivity index (χ1) is 5.02. The summed E-state index contributed by atoms with van der Waals surface area (Å²) < 4.78 is 4.94. The van der Waals surface area contributed by atoms with Crippen molar-refractivity contribution < 1.29 is 9.53 Å². The first-order valence-electron chi connectivity index (χ1n) is 3.86. The fourth-order valence-corrected chi connectivity index (χ4v) is 0.930. The van der Waals surface area contributed by atoms with Gasteiger partial charge in [-0.05, 0) is 41.9 Å². The molecule has 0 aromatic carbocycles. The summed E-state index contributed by atoms with van der Waals surface area (Å²) >= 11 is 2.07. The van der Waals surface area contributed by atoms with Gasteiger partial charge < -0.3 is 4.74 Å². The molecule has 0 amide bonds. The maximum Gasteiger partial charge on any atom is 0.306 e. The number of halogens is 1. The molecule has 0 aliphatic carbocycles. The van der Waals surface area contributed by atoms with E-state index in [1.807, 2.05) is 6.92 Å². The third-order valence-corrected chi connectivity index (χ3v) is 1.47. The Kier molecular flexibility index (Phi) is 5.91. The Bertz CT molecular complexity index is 121. The van der Waals surface area contributed by atoms with E-state index in [0.717, 1.165) is 6.42 Å². The van der Waals surface area contributed by atoms with Crippen molar-refractivity contribution >= 4 is 28.6 Å². The summed E-state index contributed by atoms with van der Waals surface area (Å²) in [5, 5.41) is 0. The second kappa shape index (κ2) is 5.80. The molecule has 0 bridgehead atoms. The van der Waals surface area contributed by atoms with Crippen LogP contribution in [-0.4, -0.2) is 10.1 Å². The van der Waals surface area contributed by atoms with Crippen LogP contribution in [0.4, 0.5) is 0 Å². The van der Waals surface area contributed by atoms with Crippen molar-refractivity contribution in [1.82, 2.24) is 0 Å². The normalized spacial score (nSPS) is 13.2. The quantitative estimate of drug-likeness (QED) is 0.446. The molecular formula is C8H15IO2. The molecule has 0 aliphatic heterocycles. The second-order valence-electron chi connectivity index (χ2n) is 2.97. The summed E-state index contributed by atoms with van der Waals surface area (Å²) in [5.41, 5.74) is 0. The van der Waals surface area contributed by atoms with E-state index in [1.165, 1.54) is 0 Å². The van der Waals surface area contributed by atoms with Crippen molar-refractivity contribution in [1.29, 1.82) is 0 Å². The third kappa shape index (κ3) is 8.10. The predicted octanol–water partition coefficient (Wildman–Crippen LogP) is 2.75. The van der Waals surface area contributed by atoms with Crippen LogP contribution in [0.2, 0.25) is 0 Å². The van der Waals surface area contributed by atoms with E-state index >= 15 is 0 Å². The SMILES string of the molecule is CC(C)CCC(=O)OC(C)I. The van der Waals surface area contributed by atoms with Crippen LogP contribution in [0.5, 0.6) is 0 Å². The lowest BCUT2D eigenvalue weighted by atomic mass is 10.1. The molecule has 3 heteroatoms. The predicted molar refractivity (Wildman–Crippen MR) is 53.6 cm³/mol. The van der Waals surface area contributed by atoms with Crippen molar-refractivity contribution in [3.8, 4) is 0 Å². The second-order valence-corrected chi connectivity index (χ2v) is 4.72. The van der Waals surface area contributed by atoms with E-state index in [9.17, 15) is 4.79 Å². The van der Waals surface area contributed by atoms with E-state index < -0.39 is 0 Å². The number of ether oxygens (including phenoxy) is 1. The van der Waals surface area contributed by atoms with Crippen LogP contribution >= 0.6 is 22.6 Å². The molecule has 0 fully saturated rings. The minimum Gasteiger partial charge on any atom is -0.452 e. The van der Waals surface area contributed by atoms with E-state index in [-0.39, 0.29) is 10.1 Å². The minimum atomic E-state index is -0.0828. The molecule has 66 valence electrons. The molecule has 0 spiro atoms. The molecule has 1 atom stereocenters. The van der Waals surface area contributed by atoms with Gasteiger partial charge in [0.2, 0.25) is 0 Å². The molecule has 1 unspecified atom stereocenters. The lowest BCUT2D eigenvalue weighted by molar-refractivity contribution is -0.144. The van der Waals surface area contributed by atoms with Crippen molar-refractivity contribution in [2.45, 2.75) is 37.7 Å². The molecule has 11 heavy (non-hydrogen) atoms. The number of carbonyl (C=O) groups excluding carboxylic acids is 1. The summed E-state index contributed by atoms with van der Waals surface area (Å²) in [6, 6.07) is 0. The summed E-state index contributed by atoms with van der Waals surface area (Å²) in [6.45, 7) is 6.05. The highest BCUT2D eigenvalue weighted by Crippen LogP contribution is 2.07. The average molecular weight is 270 g/mol. The number of esters is 1. The number of rotatable bonds is 4. The largest absolute Gasteiger partial charge is 0.452 e. The smallest absolute Gasteiger partial charge is 0.306 e. The fourth-order valence-electron chi connectivity index (χ4n) is 0.647. The molecule has 0 aliphatic rings. The maximum atomic E-state index is 10.9. The summed E-state index contributed by atoms with van der Waals surface area (Å²) in [4.78, 5) is 10.9. The van der Waals surface area contributed by atoms with Gasteiger partial charge >= 0.3 is 5.97 Å². The lowest BCUT2D eigenvalue weighted by Crippen LogP contribution is -2.09. The Morgan fingerprint density at radius 2 is 2.00 bits per heavy atom. The molecular weight excluding hydrogens is 255 g/mol.